The average Bonchev–Trinajstić information content (AvgIpc) is 2.86. The molecule has 0 bridgehead atoms. The summed E-state index contributed by atoms with van der Waals surface area (Å²) >= 11 is 0. The lowest BCUT2D eigenvalue weighted by Gasteiger charge is -2.15. The fraction of sp³-hybridized carbons (Fsp3) is 0.455. The van der Waals surface area contributed by atoms with E-state index in [9.17, 15) is 0 Å². The first kappa shape index (κ1) is 32.4. The predicted octanol–water partition coefficient (Wildman–Crippen LogP) is 9.64. The molecular weight excluding hydrogens is 428 g/mol. The minimum absolute atomic E-state index is 0.454. The van der Waals surface area contributed by atoms with Crippen molar-refractivity contribution in [1.82, 2.24) is 0 Å². The lowest BCUT2D eigenvalue weighted by molar-refractivity contribution is 0.112. The number of hydrogen-bond acceptors (Lipinski definition) is 2. The van der Waals surface area contributed by atoms with Crippen LogP contribution < -0.4 is 0 Å². The molecule has 0 aliphatic carbocycles. The first-order valence-electron chi connectivity index (χ1n) is 12.9. The Bertz CT molecular complexity index is 860. The molecule has 2 nitrogen and oxygen atoms in total. The number of rotatable bonds is 19. The zero-order valence-corrected chi connectivity index (χ0v) is 23.5. The van der Waals surface area contributed by atoms with Crippen molar-refractivity contribution in [3.8, 4) is 0 Å². The van der Waals surface area contributed by atoms with Crippen LogP contribution in [0.25, 0.3) is 0 Å². The Morgan fingerprint density at radius 3 is 1.94 bits per heavy atom. The van der Waals surface area contributed by atoms with Gasteiger partial charge < -0.3 is 9.47 Å². The van der Waals surface area contributed by atoms with Gasteiger partial charge in [0.2, 0.25) is 0 Å². The largest absolute Gasteiger partial charge is 0.491 e. The smallest absolute Gasteiger partial charge is 0.122 e. The first-order chi connectivity index (χ1) is 16.5. The van der Waals surface area contributed by atoms with Crippen LogP contribution in [0.2, 0.25) is 0 Å². The van der Waals surface area contributed by atoms with Crippen LogP contribution in [-0.4, -0.2) is 20.3 Å². The van der Waals surface area contributed by atoms with Gasteiger partial charge in [0.25, 0.3) is 0 Å². The minimum atomic E-state index is 0.454. The van der Waals surface area contributed by atoms with Crippen molar-refractivity contribution in [3.63, 3.8) is 0 Å². The van der Waals surface area contributed by atoms with Gasteiger partial charge in [-0.15, -0.1) is 0 Å². The van der Waals surface area contributed by atoms with E-state index in [1.54, 1.807) is 7.11 Å². The lowest BCUT2D eigenvalue weighted by atomic mass is 9.90. The highest BCUT2D eigenvalue weighted by atomic mass is 16.5. The van der Waals surface area contributed by atoms with Crippen molar-refractivity contribution < 1.29 is 9.47 Å². The van der Waals surface area contributed by atoms with Crippen molar-refractivity contribution in [1.29, 1.82) is 0 Å². The van der Waals surface area contributed by atoms with E-state index in [2.05, 4.69) is 73.2 Å². The normalized spacial score (nSPS) is 13.9. The Balaban J connectivity index is 5.35. The topological polar surface area (TPSA) is 18.5 Å². The first-order valence-corrected chi connectivity index (χ1v) is 12.9. The van der Waals surface area contributed by atoms with Gasteiger partial charge >= 0.3 is 0 Å². The van der Waals surface area contributed by atoms with Crippen LogP contribution in [0.3, 0.4) is 0 Å². The third kappa shape index (κ3) is 12.6. The molecule has 35 heavy (non-hydrogen) atoms. The van der Waals surface area contributed by atoms with E-state index in [1.165, 1.54) is 12.8 Å². The summed E-state index contributed by atoms with van der Waals surface area (Å²) in [7, 11) is 1.65. The molecule has 0 heterocycles. The molecule has 0 fully saturated rings. The van der Waals surface area contributed by atoms with Crippen LogP contribution in [0.4, 0.5) is 0 Å². The van der Waals surface area contributed by atoms with Crippen LogP contribution in [0.15, 0.2) is 109 Å². The number of allylic oxidation sites excluding steroid dienone is 11. The maximum absolute atomic E-state index is 5.85. The summed E-state index contributed by atoms with van der Waals surface area (Å²) in [6.45, 7) is 37.3. The van der Waals surface area contributed by atoms with E-state index in [1.807, 2.05) is 25.2 Å². The van der Waals surface area contributed by atoms with Gasteiger partial charge in [0.05, 0.1) is 6.61 Å². The minimum Gasteiger partial charge on any atom is -0.491 e. The van der Waals surface area contributed by atoms with Gasteiger partial charge in [0.1, 0.15) is 12.4 Å². The molecule has 0 aliphatic rings. The van der Waals surface area contributed by atoms with Crippen LogP contribution in [-0.2, 0) is 9.47 Å². The maximum Gasteiger partial charge on any atom is 0.122 e. The zero-order chi connectivity index (χ0) is 27.0. The van der Waals surface area contributed by atoms with E-state index in [4.69, 9.17) is 9.47 Å². The molecule has 0 saturated carbocycles. The zero-order valence-electron chi connectivity index (χ0n) is 23.5. The standard InChI is InChI=1S/C33H50O2/c1-13-24(4)16-17-26(6)27(7)18-19-28(8)31(11)32(15-3)22-29(9)30(10)23-33(25(5)14-2)35-21-20-34-12/h18-19,22-24,26H,5,7-11,13-17,20-21H2,1-4,6,12H3/b19-18-,32-22-,33-23+. The van der Waals surface area contributed by atoms with Crippen molar-refractivity contribution in [2.75, 3.05) is 20.3 Å². The SMILES string of the molecule is C=C(/C=C(/CC)C(=C)C(=C)/C=C\C(=C)C(C)CCC(C)CC)C(=C)/C=C(/OCCOC)C(=C)CC. The van der Waals surface area contributed by atoms with Gasteiger partial charge in [-0.1, -0.05) is 111 Å². The molecule has 2 heteroatoms. The fourth-order valence-corrected chi connectivity index (χ4v) is 3.21. The molecule has 2 atom stereocenters. The monoisotopic (exact) mass is 478 g/mol. The van der Waals surface area contributed by atoms with Crippen molar-refractivity contribution >= 4 is 0 Å². The Morgan fingerprint density at radius 2 is 1.40 bits per heavy atom. The second kappa shape index (κ2) is 17.8. The van der Waals surface area contributed by atoms with Gasteiger partial charge in [-0.05, 0) is 70.6 Å². The van der Waals surface area contributed by atoms with Crippen molar-refractivity contribution in [2.45, 2.75) is 66.7 Å². The molecule has 0 radical (unpaired) electrons. The van der Waals surface area contributed by atoms with Gasteiger partial charge in [-0.25, -0.2) is 0 Å². The van der Waals surface area contributed by atoms with E-state index in [0.717, 1.165) is 64.2 Å². The second-order valence-corrected chi connectivity index (χ2v) is 9.28. The fourth-order valence-electron chi connectivity index (χ4n) is 3.21. The summed E-state index contributed by atoms with van der Waals surface area (Å²) in [5, 5.41) is 0. The van der Waals surface area contributed by atoms with Gasteiger partial charge in [0.15, 0.2) is 0 Å². The van der Waals surface area contributed by atoms with Crippen LogP contribution in [0, 0.1) is 11.8 Å². The van der Waals surface area contributed by atoms with E-state index in [0.29, 0.717) is 24.9 Å². The van der Waals surface area contributed by atoms with Gasteiger partial charge in [0, 0.05) is 7.11 Å². The highest BCUT2D eigenvalue weighted by Crippen LogP contribution is 2.26. The van der Waals surface area contributed by atoms with E-state index in [-0.39, 0.29) is 0 Å². The number of hydrogen-bond donors (Lipinski definition) is 0. The molecule has 0 rings (SSSR count). The van der Waals surface area contributed by atoms with E-state index >= 15 is 0 Å². The average molecular weight is 479 g/mol. The molecular formula is C33H50O2. The maximum atomic E-state index is 5.85. The Labute approximate surface area is 216 Å². The van der Waals surface area contributed by atoms with Crippen LogP contribution >= 0.6 is 0 Å². The summed E-state index contributed by atoms with van der Waals surface area (Å²) in [4.78, 5) is 0. The lowest BCUT2D eigenvalue weighted by Crippen LogP contribution is -2.03. The summed E-state index contributed by atoms with van der Waals surface area (Å²) in [6.07, 6.45) is 13.2. The Hall–Kier alpha value is -2.58. The molecule has 0 aromatic rings. The Morgan fingerprint density at radius 1 is 0.771 bits per heavy atom. The molecule has 0 aromatic heterocycles. The summed E-state index contributed by atoms with van der Waals surface area (Å²) in [5.41, 5.74) is 6.48. The molecule has 0 N–H and O–H groups in total. The summed E-state index contributed by atoms with van der Waals surface area (Å²) < 4.78 is 10.9. The van der Waals surface area contributed by atoms with Gasteiger partial charge in [-0.2, -0.15) is 0 Å². The molecule has 0 aromatic carbocycles. The molecule has 0 saturated heterocycles. The van der Waals surface area contributed by atoms with Crippen LogP contribution in [0.1, 0.15) is 66.7 Å². The van der Waals surface area contributed by atoms with Crippen LogP contribution in [0.5, 0.6) is 0 Å². The molecule has 194 valence electrons. The third-order valence-corrected chi connectivity index (χ3v) is 6.46. The summed E-state index contributed by atoms with van der Waals surface area (Å²) in [6, 6.07) is 0. The third-order valence-electron chi connectivity index (χ3n) is 6.46. The second-order valence-electron chi connectivity index (χ2n) is 9.28. The predicted molar refractivity (Wildman–Crippen MR) is 156 cm³/mol. The number of ether oxygens (including phenoxy) is 2. The molecule has 0 amide bonds. The molecule has 2 unspecified atom stereocenters. The van der Waals surface area contributed by atoms with Gasteiger partial charge in [-0.3, -0.25) is 0 Å². The molecule has 0 spiro atoms. The summed E-state index contributed by atoms with van der Waals surface area (Å²) in [5.74, 6) is 1.93. The van der Waals surface area contributed by atoms with Crippen molar-refractivity contribution in [3.05, 3.63) is 109 Å². The highest BCUT2D eigenvalue weighted by molar-refractivity contribution is 5.55. The van der Waals surface area contributed by atoms with E-state index < -0.39 is 0 Å². The highest BCUT2D eigenvalue weighted by Gasteiger charge is 2.10. The van der Waals surface area contributed by atoms with Crippen molar-refractivity contribution in [2.24, 2.45) is 11.8 Å². The quantitative estimate of drug-likeness (QED) is 0.104. The number of methoxy groups -OCH3 is 1. The molecule has 0 aliphatic heterocycles. The Kier molecular flexibility index (Phi) is 16.5.